The molecule has 1 aliphatic rings. The third kappa shape index (κ3) is 2.90. The Balaban J connectivity index is 1.77. The van der Waals surface area contributed by atoms with Crippen molar-refractivity contribution in [3.05, 3.63) is 18.2 Å². The van der Waals surface area contributed by atoms with Crippen molar-refractivity contribution >= 4 is 32.4 Å². The number of hydrogen-bond acceptors (Lipinski definition) is 4. The van der Waals surface area contributed by atoms with Gasteiger partial charge in [0.2, 0.25) is 0 Å². The Bertz CT molecular complexity index is 578. The number of fused-ring (bicyclic) bond motifs is 1. The third-order valence-corrected chi connectivity index (χ3v) is 5.30. The van der Waals surface area contributed by atoms with Gasteiger partial charge in [-0.05, 0) is 43.4 Å². The lowest BCUT2D eigenvalue weighted by atomic mass is 9.96. The first-order chi connectivity index (χ1) is 9.76. The predicted molar refractivity (Wildman–Crippen MR) is 88.5 cm³/mol. The normalized spacial score (nSPS) is 20.2. The highest BCUT2D eigenvalue weighted by molar-refractivity contribution is 7.22. The van der Waals surface area contributed by atoms with Gasteiger partial charge in [-0.2, -0.15) is 0 Å². The molecule has 20 heavy (non-hydrogen) atoms. The Labute approximate surface area is 124 Å². The maximum Gasteiger partial charge on any atom is 0.186 e. The highest BCUT2D eigenvalue weighted by Gasteiger charge is 2.19. The SMILES string of the molecule is CCCC1CCCN(c2nc3ccc(N)cc3s2)CC1. The van der Waals surface area contributed by atoms with Gasteiger partial charge in [0, 0.05) is 18.8 Å². The molecule has 1 saturated heterocycles. The molecule has 4 heteroatoms. The minimum absolute atomic E-state index is 0.826. The first-order valence-corrected chi connectivity index (χ1v) is 8.49. The van der Waals surface area contributed by atoms with E-state index in [1.54, 1.807) is 11.3 Å². The monoisotopic (exact) mass is 289 g/mol. The summed E-state index contributed by atoms with van der Waals surface area (Å²) in [4.78, 5) is 7.25. The fourth-order valence-corrected chi connectivity index (χ4v) is 4.18. The molecule has 1 aliphatic heterocycles. The van der Waals surface area contributed by atoms with E-state index in [2.05, 4.69) is 11.8 Å². The van der Waals surface area contributed by atoms with E-state index < -0.39 is 0 Å². The lowest BCUT2D eigenvalue weighted by Crippen LogP contribution is -2.23. The van der Waals surface area contributed by atoms with Crippen LogP contribution in [0, 0.1) is 5.92 Å². The van der Waals surface area contributed by atoms with Crippen LogP contribution in [0.15, 0.2) is 18.2 Å². The molecule has 2 aromatic rings. The van der Waals surface area contributed by atoms with Gasteiger partial charge in [-0.3, -0.25) is 0 Å². The zero-order chi connectivity index (χ0) is 13.9. The van der Waals surface area contributed by atoms with Gasteiger partial charge in [0.05, 0.1) is 10.2 Å². The maximum absolute atomic E-state index is 5.85. The van der Waals surface area contributed by atoms with E-state index in [0.29, 0.717) is 0 Å². The zero-order valence-corrected chi connectivity index (χ0v) is 13.0. The van der Waals surface area contributed by atoms with Crippen molar-refractivity contribution in [2.75, 3.05) is 23.7 Å². The molecule has 0 saturated carbocycles. The molecule has 1 atom stereocenters. The summed E-state index contributed by atoms with van der Waals surface area (Å²) in [5.74, 6) is 0.912. The van der Waals surface area contributed by atoms with Gasteiger partial charge in [0.15, 0.2) is 5.13 Å². The molecule has 2 N–H and O–H groups in total. The van der Waals surface area contributed by atoms with Crippen molar-refractivity contribution in [1.29, 1.82) is 0 Å². The van der Waals surface area contributed by atoms with Gasteiger partial charge in [-0.1, -0.05) is 31.1 Å². The number of thiazole rings is 1. The van der Waals surface area contributed by atoms with E-state index in [-0.39, 0.29) is 0 Å². The molecule has 0 spiro atoms. The number of rotatable bonds is 3. The maximum atomic E-state index is 5.85. The van der Waals surface area contributed by atoms with Crippen molar-refractivity contribution in [3.8, 4) is 0 Å². The van der Waals surface area contributed by atoms with Gasteiger partial charge in [0.1, 0.15) is 0 Å². The first-order valence-electron chi connectivity index (χ1n) is 7.67. The highest BCUT2D eigenvalue weighted by atomic mass is 32.1. The van der Waals surface area contributed by atoms with Gasteiger partial charge in [-0.25, -0.2) is 4.98 Å². The van der Waals surface area contributed by atoms with Crippen molar-refractivity contribution in [2.24, 2.45) is 5.92 Å². The summed E-state index contributed by atoms with van der Waals surface area (Å²) in [6, 6.07) is 6.00. The molecule has 1 aromatic heterocycles. The van der Waals surface area contributed by atoms with Crippen LogP contribution in [-0.2, 0) is 0 Å². The fraction of sp³-hybridized carbons (Fsp3) is 0.562. The third-order valence-electron chi connectivity index (χ3n) is 4.22. The Kier molecular flexibility index (Phi) is 4.10. The average molecular weight is 289 g/mol. The summed E-state index contributed by atoms with van der Waals surface area (Å²) in [5.41, 5.74) is 7.76. The van der Waals surface area contributed by atoms with E-state index in [1.165, 1.54) is 41.9 Å². The van der Waals surface area contributed by atoms with E-state index in [0.717, 1.165) is 30.2 Å². The molecular formula is C16H23N3S. The van der Waals surface area contributed by atoms with E-state index in [1.807, 2.05) is 18.2 Å². The van der Waals surface area contributed by atoms with Gasteiger partial charge >= 0.3 is 0 Å². The molecule has 1 fully saturated rings. The number of anilines is 2. The molecule has 3 rings (SSSR count). The zero-order valence-electron chi connectivity index (χ0n) is 12.1. The Morgan fingerprint density at radius 3 is 3.10 bits per heavy atom. The second-order valence-electron chi connectivity index (χ2n) is 5.80. The topological polar surface area (TPSA) is 42.2 Å². The summed E-state index contributed by atoms with van der Waals surface area (Å²) in [6.45, 7) is 4.59. The molecule has 0 radical (unpaired) electrons. The molecule has 0 bridgehead atoms. The number of nitrogens with zero attached hydrogens (tertiary/aromatic N) is 2. The largest absolute Gasteiger partial charge is 0.399 e. The van der Waals surface area contributed by atoms with Crippen LogP contribution >= 0.6 is 11.3 Å². The first kappa shape index (κ1) is 13.7. The summed E-state index contributed by atoms with van der Waals surface area (Å²) in [6.07, 6.45) is 6.67. The Hall–Kier alpha value is -1.29. The van der Waals surface area contributed by atoms with Gasteiger partial charge in [-0.15, -0.1) is 0 Å². The summed E-state index contributed by atoms with van der Waals surface area (Å²) in [5, 5.41) is 1.17. The second-order valence-corrected chi connectivity index (χ2v) is 6.81. The Morgan fingerprint density at radius 1 is 1.35 bits per heavy atom. The number of hydrogen-bond donors (Lipinski definition) is 1. The second kappa shape index (κ2) is 6.00. The van der Waals surface area contributed by atoms with Crippen molar-refractivity contribution < 1.29 is 0 Å². The quantitative estimate of drug-likeness (QED) is 0.857. The van der Waals surface area contributed by atoms with Gasteiger partial charge in [0.25, 0.3) is 0 Å². The van der Waals surface area contributed by atoms with Crippen LogP contribution < -0.4 is 10.6 Å². The molecule has 0 aliphatic carbocycles. The van der Waals surface area contributed by atoms with Crippen LogP contribution in [0.5, 0.6) is 0 Å². The molecule has 2 heterocycles. The predicted octanol–water partition coefficient (Wildman–Crippen LogP) is 4.29. The smallest absolute Gasteiger partial charge is 0.186 e. The lowest BCUT2D eigenvalue weighted by molar-refractivity contribution is 0.435. The molecule has 3 nitrogen and oxygen atoms in total. The molecule has 1 aromatic carbocycles. The molecule has 1 unspecified atom stereocenters. The standard InChI is InChI=1S/C16H23N3S/c1-2-4-12-5-3-9-19(10-8-12)16-18-14-7-6-13(17)11-15(14)20-16/h6-7,11-12H,2-5,8-10,17H2,1H3. The molecule has 108 valence electrons. The van der Waals surface area contributed by atoms with Crippen LogP contribution in [0.25, 0.3) is 10.2 Å². The summed E-state index contributed by atoms with van der Waals surface area (Å²) in [7, 11) is 0. The van der Waals surface area contributed by atoms with Gasteiger partial charge < -0.3 is 10.6 Å². The minimum atomic E-state index is 0.826. The lowest BCUT2D eigenvalue weighted by Gasteiger charge is -2.19. The number of nitrogens with two attached hydrogens (primary N) is 1. The number of nitrogen functional groups attached to an aromatic ring is 1. The number of aromatic nitrogens is 1. The van der Waals surface area contributed by atoms with Crippen molar-refractivity contribution in [1.82, 2.24) is 4.98 Å². The summed E-state index contributed by atoms with van der Waals surface area (Å²) < 4.78 is 1.20. The van der Waals surface area contributed by atoms with E-state index in [4.69, 9.17) is 10.7 Å². The van der Waals surface area contributed by atoms with Crippen LogP contribution in [0.2, 0.25) is 0 Å². The van der Waals surface area contributed by atoms with E-state index in [9.17, 15) is 0 Å². The summed E-state index contributed by atoms with van der Waals surface area (Å²) >= 11 is 1.78. The minimum Gasteiger partial charge on any atom is -0.399 e. The van der Waals surface area contributed by atoms with Crippen molar-refractivity contribution in [3.63, 3.8) is 0 Å². The number of benzene rings is 1. The molecular weight excluding hydrogens is 266 g/mol. The van der Waals surface area contributed by atoms with Crippen LogP contribution in [0.4, 0.5) is 10.8 Å². The van der Waals surface area contributed by atoms with E-state index >= 15 is 0 Å². The Morgan fingerprint density at radius 2 is 2.25 bits per heavy atom. The van der Waals surface area contributed by atoms with Crippen LogP contribution in [-0.4, -0.2) is 18.1 Å². The van der Waals surface area contributed by atoms with Crippen molar-refractivity contribution in [2.45, 2.75) is 39.0 Å². The molecule has 0 amide bonds. The average Bonchev–Trinajstić information content (AvgIpc) is 2.70. The fourth-order valence-electron chi connectivity index (χ4n) is 3.12. The highest BCUT2D eigenvalue weighted by Crippen LogP contribution is 2.32. The van der Waals surface area contributed by atoms with Crippen LogP contribution in [0.3, 0.4) is 0 Å². The van der Waals surface area contributed by atoms with Crippen LogP contribution in [0.1, 0.15) is 39.0 Å².